The number of nitrogens with zero attached hydrogens (tertiary/aromatic N) is 2. The highest BCUT2D eigenvalue weighted by Gasteiger charge is 2.18. The van der Waals surface area contributed by atoms with E-state index >= 15 is 0 Å². The predicted octanol–water partition coefficient (Wildman–Crippen LogP) is 1.80. The van der Waals surface area contributed by atoms with Crippen molar-refractivity contribution in [1.82, 2.24) is 20.5 Å². The molecule has 2 heterocycles. The van der Waals surface area contributed by atoms with Gasteiger partial charge in [0.05, 0.1) is 19.2 Å². The number of ether oxygens (including phenoxy) is 1. The number of amides is 1. The Morgan fingerprint density at radius 1 is 1.48 bits per heavy atom. The number of furan rings is 1. The maximum atomic E-state index is 12.4. The third kappa shape index (κ3) is 2.45. The molecule has 2 N–H and O–H groups in total. The van der Waals surface area contributed by atoms with Crippen LogP contribution in [0, 0.1) is 6.92 Å². The normalized spacial score (nSPS) is 10.8. The minimum atomic E-state index is -0.226. The Hall–Kier alpha value is -2.83. The largest absolute Gasteiger partial charge is 0.497 e. The second-order valence-corrected chi connectivity index (χ2v) is 4.51. The standard InChI is InChI=1S/C14H14N4O3/c1-8-13(14(19)15-6-12-16-7-17-18-12)10-5-9(20-2)3-4-11(10)21-8/h3-5,7H,6H2,1-2H3,(H,15,19)(H,16,17,18). The fraction of sp³-hybridized carbons (Fsp3) is 0.214. The van der Waals surface area contributed by atoms with Crippen LogP contribution in [0.4, 0.5) is 0 Å². The van der Waals surface area contributed by atoms with Crippen LogP contribution in [-0.2, 0) is 6.54 Å². The second kappa shape index (κ2) is 5.28. The zero-order valence-corrected chi connectivity index (χ0v) is 11.6. The van der Waals surface area contributed by atoms with E-state index in [1.54, 1.807) is 32.2 Å². The van der Waals surface area contributed by atoms with Crippen LogP contribution in [0.1, 0.15) is 21.9 Å². The van der Waals surface area contributed by atoms with E-state index in [1.165, 1.54) is 6.33 Å². The van der Waals surface area contributed by atoms with E-state index in [2.05, 4.69) is 20.5 Å². The van der Waals surface area contributed by atoms with Crippen LogP contribution in [0.3, 0.4) is 0 Å². The topological polar surface area (TPSA) is 93.0 Å². The molecular formula is C14H14N4O3. The molecule has 0 radical (unpaired) electrons. The number of hydrogen-bond donors (Lipinski definition) is 2. The van der Waals surface area contributed by atoms with E-state index in [1.807, 2.05) is 0 Å². The van der Waals surface area contributed by atoms with Crippen LogP contribution in [0.15, 0.2) is 28.9 Å². The summed E-state index contributed by atoms with van der Waals surface area (Å²) in [7, 11) is 1.58. The molecule has 0 saturated carbocycles. The Bertz CT molecular complexity index is 777. The highest BCUT2D eigenvalue weighted by molar-refractivity contribution is 6.07. The predicted molar refractivity (Wildman–Crippen MR) is 75.1 cm³/mol. The minimum absolute atomic E-state index is 0.226. The SMILES string of the molecule is COc1ccc2oc(C)c(C(=O)NCc3ncn[nH]3)c2c1. The smallest absolute Gasteiger partial charge is 0.255 e. The third-order valence-corrected chi connectivity index (χ3v) is 3.18. The lowest BCUT2D eigenvalue weighted by Gasteiger charge is -2.03. The highest BCUT2D eigenvalue weighted by Crippen LogP contribution is 2.28. The number of hydrogen-bond acceptors (Lipinski definition) is 5. The van der Waals surface area contributed by atoms with E-state index in [9.17, 15) is 4.79 Å². The molecule has 2 aromatic heterocycles. The van der Waals surface area contributed by atoms with E-state index in [0.29, 0.717) is 28.5 Å². The van der Waals surface area contributed by atoms with Gasteiger partial charge in [-0.05, 0) is 25.1 Å². The van der Waals surface area contributed by atoms with Gasteiger partial charge in [0, 0.05) is 5.39 Å². The zero-order valence-electron chi connectivity index (χ0n) is 11.6. The number of aromatic nitrogens is 3. The number of nitrogens with one attached hydrogen (secondary N) is 2. The van der Waals surface area contributed by atoms with Gasteiger partial charge in [-0.25, -0.2) is 4.98 Å². The molecule has 0 spiro atoms. The monoisotopic (exact) mass is 286 g/mol. The molecule has 108 valence electrons. The van der Waals surface area contributed by atoms with Crippen molar-refractivity contribution in [2.24, 2.45) is 0 Å². The number of aromatic amines is 1. The van der Waals surface area contributed by atoms with Crippen LogP contribution in [0.5, 0.6) is 5.75 Å². The maximum absolute atomic E-state index is 12.4. The number of carbonyl (C=O) groups is 1. The number of benzene rings is 1. The van der Waals surface area contributed by atoms with Crippen LogP contribution < -0.4 is 10.1 Å². The molecule has 0 atom stereocenters. The van der Waals surface area contributed by atoms with Gasteiger partial charge in [-0.2, -0.15) is 5.10 Å². The van der Waals surface area contributed by atoms with Crippen molar-refractivity contribution in [3.63, 3.8) is 0 Å². The lowest BCUT2D eigenvalue weighted by Crippen LogP contribution is -2.23. The molecule has 7 nitrogen and oxygen atoms in total. The summed E-state index contributed by atoms with van der Waals surface area (Å²) in [5.41, 5.74) is 1.15. The molecule has 21 heavy (non-hydrogen) atoms. The van der Waals surface area contributed by atoms with Gasteiger partial charge in [0.1, 0.15) is 29.2 Å². The van der Waals surface area contributed by atoms with Crippen LogP contribution >= 0.6 is 0 Å². The highest BCUT2D eigenvalue weighted by atomic mass is 16.5. The molecule has 0 aliphatic rings. The number of rotatable bonds is 4. The lowest BCUT2D eigenvalue weighted by molar-refractivity contribution is 0.0950. The van der Waals surface area contributed by atoms with Crippen molar-refractivity contribution < 1.29 is 13.9 Å². The molecule has 0 aliphatic carbocycles. The van der Waals surface area contributed by atoms with Gasteiger partial charge in [0.2, 0.25) is 0 Å². The number of H-pyrrole nitrogens is 1. The summed E-state index contributed by atoms with van der Waals surface area (Å²) in [4.78, 5) is 16.3. The van der Waals surface area contributed by atoms with Gasteiger partial charge in [-0.1, -0.05) is 0 Å². The fourth-order valence-electron chi connectivity index (χ4n) is 2.18. The Kier molecular flexibility index (Phi) is 3.31. The summed E-state index contributed by atoms with van der Waals surface area (Å²) in [5.74, 6) is 1.60. The molecule has 0 bridgehead atoms. The first-order valence-corrected chi connectivity index (χ1v) is 6.38. The van der Waals surface area contributed by atoms with Crippen molar-refractivity contribution in [2.45, 2.75) is 13.5 Å². The first-order valence-electron chi connectivity index (χ1n) is 6.38. The Labute approximate surface area is 120 Å². The van der Waals surface area contributed by atoms with Crippen LogP contribution in [0.2, 0.25) is 0 Å². The summed E-state index contributed by atoms with van der Waals surface area (Å²) in [6.07, 6.45) is 1.39. The van der Waals surface area contributed by atoms with E-state index in [0.717, 1.165) is 5.39 Å². The summed E-state index contributed by atoms with van der Waals surface area (Å²) in [6.45, 7) is 2.03. The van der Waals surface area contributed by atoms with Gasteiger partial charge in [0.15, 0.2) is 0 Å². The minimum Gasteiger partial charge on any atom is -0.497 e. The van der Waals surface area contributed by atoms with Crippen molar-refractivity contribution in [3.8, 4) is 5.75 Å². The van der Waals surface area contributed by atoms with Crippen molar-refractivity contribution >= 4 is 16.9 Å². The lowest BCUT2D eigenvalue weighted by atomic mass is 10.1. The van der Waals surface area contributed by atoms with Gasteiger partial charge < -0.3 is 14.5 Å². The molecule has 3 rings (SSSR count). The first kappa shape index (κ1) is 13.2. The zero-order chi connectivity index (χ0) is 14.8. The molecule has 7 heteroatoms. The number of aryl methyl sites for hydroxylation is 1. The average Bonchev–Trinajstić information content (AvgIpc) is 3.10. The summed E-state index contributed by atoms with van der Waals surface area (Å²) < 4.78 is 10.8. The quantitative estimate of drug-likeness (QED) is 0.762. The van der Waals surface area contributed by atoms with Crippen molar-refractivity contribution in [1.29, 1.82) is 0 Å². The molecule has 0 aliphatic heterocycles. The maximum Gasteiger partial charge on any atom is 0.255 e. The fourth-order valence-corrected chi connectivity index (χ4v) is 2.18. The van der Waals surface area contributed by atoms with E-state index in [4.69, 9.17) is 9.15 Å². The summed E-state index contributed by atoms with van der Waals surface area (Å²) in [5, 5.41) is 9.93. The van der Waals surface area contributed by atoms with Gasteiger partial charge in [-0.3, -0.25) is 9.89 Å². The van der Waals surface area contributed by atoms with Crippen LogP contribution in [-0.4, -0.2) is 28.2 Å². The number of carbonyl (C=O) groups excluding carboxylic acids is 1. The molecule has 1 aromatic carbocycles. The van der Waals surface area contributed by atoms with Gasteiger partial charge in [0.25, 0.3) is 5.91 Å². The Morgan fingerprint density at radius 3 is 3.05 bits per heavy atom. The van der Waals surface area contributed by atoms with Gasteiger partial charge in [-0.15, -0.1) is 0 Å². The summed E-state index contributed by atoms with van der Waals surface area (Å²) in [6, 6.07) is 5.37. The Morgan fingerprint density at radius 2 is 2.33 bits per heavy atom. The van der Waals surface area contributed by atoms with Gasteiger partial charge >= 0.3 is 0 Å². The molecule has 0 fully saturated rings. The van der Waals surface area contributed by atoms with Crippen molar-refractivity contribution in [2.75, 3.05) is 7.11 Å². The molecule has 0 unspecified atom stereocenters. The van der Waals surface area contributed by atoms with E-state index < -0.39 is 0 Å². The summed E-state index contributed by atoms with van der Waals surface area (Å²) >= 11 is 0. The third-order valence-electron chi connectivity index (χ3n) is 3.18. The second-order valence-electron chi connectivity index (χ2n) is 4.51. The number of methoxy groups -OCH3 is 1. The van der Waals surface area contributed by atoms with Crippen molar-refractivity contribution in [3.05, 3.63) is 41.7 Å². The van der Waals surface area contributed by atoms with E-state index in [-0.39, 0.29) is 12.5 Å². The van der Waals surface area contributed by atoms with Crippen LogP contribution in [0.25, 0.3) is 11.0 Å². The number of fused-ring (bicyclic) bond motifs is 1. The Balaban J connectivity index is 1.91. The first-order chi connectivity index (χ1) is 10.2. The molecule has 3 aromatic rings. The molecule has 0 saturated heterocycles. The molecular weight excluding hydrogens is 272 g/mol. The molecule has 1 amide bonds. The average molecular weight is 286 g/mol.